The van der Waals surface area contributed by atoms with Crippen LogP contribution in [0.4, 0.5) is 0 Å². The third-order valence-electron chi connectivity index (χ3n) is 4.57. The number of fused-ring (bicyclic) bond motifs is 2. The number of rotatable bonds is 4. The van der Waals surface area contributed by atoms with Gasteiger partial charge in [-0.25, -0.2) is 0 Å². The van der Waals surface area contributed by atoms with Crippen LogP contribution in [0.15, 0.2) is 24.3 Å². The van der Waals surface area contributed by atoms with Gasteiger partial charge < -0.3 is 15.0 Å². The lowest BCUT2D eigenvalue weighted by Gasteiger charge is -2.24. The summed E-state index contributed by atoms with van der Waals surface area (Å²) in [5, 5.41) is 3.59. The van der Waals surface area contributed by atoms with Crippen molar-refractivity contribution in [2.45, 2.75) is 44.7 Å². The van der Waals surface area contributed by atoms with E-state index >= 15 is 0 Å². The highest BCUT2D eigenvalue weighted by Crippen LogP contribution is 2.20. The molecule has 21 heavy (non-hydrogen) atoms. The summed E-state index contributed by atoms with van der Waals surface area (Å²) < 4.78 is 5.63. The third-order valence-corrected chi connectivity index (χ3v) is 4.57. The lowest BCUT2D eigenvalue weighted by atomic mass is 10.1. The number of hydrogen-bond acceptors (Lipinski definition) is 3. The minimum atomic E-state index is 0.101. The molecule has 1 N–H and O–H groups in total. The Morgan fingerprint density at radius 3 is 2.76 bits per heavy atom. The van der Waals surface area contributed by atoms with Crippen LogP contribution in [0.5, 0.6) is 5.75 Å². The summed E-state index contributed by atoms with van der Waals surface area (Å²) in [6.07, 6.45) is 4.52. The maximum Gasteiger partial charge on any atom is 0.260 e. The average molecular weight is 288 g/mol. The van der Waals surface area contributed by atoms with E-state index in [1.807, 2.05) is 17.0 Å². The molecule has 2 saturated heterocycles. The lowest BCUT2D eigenvalue weighted by Crippen LogP contribution is -2.41. The van der Waals surface area contributed by atoms with Gasteiger partial charge in [0.2, 0.25) is 0 Å². The first kappa shape index (κ1) is 14.4. The number of hydrogen-bond donors (Lipinski definition) is 1. The molecule has 1 amide bonds. The summed E-state index contributed by atoms with van der Waals surface area (Å²) in [6.45, 7) is 3.95. The van der Waals surface area contributed by atoms with Crippen molar-refractivity contribution in [3.8, 4) is 5.75 Å². The van der Waals surface area contributed by atoms with E-state index in [4.69, 9.17) is 4.74 Å². The number of nitrogens with one attached hydrogen (secondary N) is 1. The average Bonchev–Trinajstić information content (AvgIpc) is 2.84. The second-order valence-electron chi connectivity index (χ2n) is 6.05. The molecule has 1 aromatic rings. The van der Waals surface area contributed by atoms with Gasteiger partial charge in [-0.15, -0.1) is 0 Å². The predicted molar refractivity (Wildman–Crippen MR) is 82.5 cm³/mol. The summed E-state index contributed by atoms with van der Waals surface area (Å²) in [4.78, 5) is 14.3. The Labute approximate surface area is 126 Å². The second kappa shape index (κ2) is 6.48. The van der Waals surface area contributed by atoms with Gasteiger partial charge in [-0.1, -0.05) is 19.1 Å². The van der Waals surface area contributed by atoms with E-state index in [1.165, 1.54) is 18.4 Å². The highest BCUT2D eigenvalue weighted by Gasteiger charge is 2.31. The quantitative estimate of drug-likeness (QED) is 0.921. The SMILES string of the molecule is CCc1ccc(OCC(=O)N2CCC3CCC(C2)N3)cc1. The maximum absolute atomic E-state index is 12.3. The molecule has 0 spiro atoms. The van der Waals surface area contributed by atoms with Crippen LogP contribution >= 0.6 is 0 Å². The van der Waals surface area contributed by atoms with E-state index in [2.05, 4.69) is 24.4 Å². The number of nitrogens with zero attached hydrogens (tertiary/aromatic N) is 1. The van der Waals surface area contributed by atoms with Crippen molar-refractivity contribution in [1.29, 1.82) is 0 Å². The first-order valence-corrected chi connectivity index (χ1v) is 8.00. The van der Waals surface area contributed by atoms with Crippen molar-refractivity contribution in [1.82, 2.24) is 10.2 Å². The van der Waals surface area contributed by atoms with Crippen molar-refractivity contribution in [3.63, 3.8) is 0 Å². The normalized spacial score (nSPS) is 24.7. The molecule has 2 atom stereocenters. The molecule has 2 bridgehead atoms. The van der Waals surface area contributed by atoms with Crippen molar-refractivity contribution in [2.24, 2.45) is 0 Å². The smallest absolute Gasteiger partial charge is 0.260 e. The first-order chi connectivity index (χ1) is 10.2. The van der Waals surface area contributed by atoms with Crippen LogP contribution in [-0.2, 0) is 11.2 Å². The van der Waals surface area contributed by atoms with E-state index in [-0.39, 0.29) is 12.5 Å². The molecule has 2 aliphatic rings. The Morgan fingerprint density at radius 2 is 2.00 bits per heavy atom. The standard InChI is InChI=1S/C17H24N2O2/c1-2-13-3-7-16(8-4-13)21-12-17(20)19-10-9-14-5-6-15(11-19)18-14/h3-4,7-8,14-15,18H,2,5-6,9-12H2,1H3. The first-order valence-electron chi connectivity index (χ1n) is 8.00. The van der Waals surface area contributed by atoms with Gasteiger partial charge in [0.25, 0.3) is 5.91 Å². The lowest BCUT2D eigenvalue weighted by molar-refractivity contribution is -0.133. The summed E-state index contributed by atoms with van der Waals surface area (Å²) in [5.41, 5.74) is 1.28. The van der Waals surface area contributed by atoms with Crippen molar-refractivity contribution >= 4 is 5.91 Å². The van der Waals surface area contributed by atoms with Gasteiger partial charge in [0.05, 0.1) is 0 Å². The van der Waals surface area contributed by atoms with Gasteiger partial charge in [0.1, 0.15) is 5.75 Å². The van der Waals surface area contributed by atoms with Crippen LogP contribution in [0.2, 0.25) is 0 Å². The number of likely N-dealkylation sites (tertiary alicyclic amines) is 1. The van der Waals surface area contributed by atoms with Crippen molar-refractivity contribution < 1.29 is 9.53 Å². The van der Waals surface area contributed by atoms with Crippen LogP contribution in [0.25, 0.3) is 0 Å². The summed E-state index contributed by atoms with van der Waals surface area (Å²) in [6, 6.07) is 9.07. The van der Waals surface area contributed by atoms with Crippen LogP contribution in [0, 0.1) is 0 Å². The molecule has 0 aromatic heterocycles. The molecule has 2 heterocycles. The maximum atomic E-state index is 12.3. The molecular weight excluding hydrogens is 264 g/mol. The predicted octanol–water partition coefficient (Wildman–Crippen LogP) is 1.98. The fourth-order valence-electron chi connectivity index (χ4n) is 3.23. The molecule has 1 aromatic carbocycles. The fraction of sp³-hybridized carbons (Fsp3) is 0.588. The van der Waals surface area contributed by atoms with Crippen LogP contribution in [0.1, 0.15) is 31.7 Å². The third kappa shape index (κ3) is 3.56. The molecule has 2 aliphatic heterocycles. The van der Waals surface area contributed by atoms with Gasteiger partial charge in [0, 0.05) is 25.2 Å². The fourth-order valence-corrected chi connectivity index (χ4v) is 3.23. The molecule has 3 rings (SSSR count). The van der Waals surface area contributed by atoms with E-state index in [9.17, 15) is 4.79 Å². The van der Waals surface area contributed by atoms with Crippen molar-refractivity contribution in [3.05, 3.63) is 29.8 Å². The Bertz CT molecular complexity index is 486. The Hall–Kier alpha value is -1.55. The van der Waals surface area contributed by atoms with Gasteiger partial charge >= 0.3 is 0 Å². The van der Waals surface area contributed by atoms with E-state index in [1.54, 1.807) is 0 Å². The topological polar surface area (TPSA) is 41.6 Å². The molecular formula is C17H24N2O2. The number of aryl methyl sites for hydroxylation is 1. The molecule has 4 nitrogen and oxygen atoms in total. The van der Waals surface area contributed by atoms with Gasteiger partial charge in [-0.05, 0) is 43.4 Å². The minimum absolute atomic E-state index is 0.101. The number of benzene rings is 1. The summed E-state index contributed by atoms with van der Waals surface area (Å²) >= 11 is 0. The molecule has 2 fully saturated rings. The molecule has 2 unspecified atom stereocenters. The largest absolute Gasteiger partial charge is 0.484 e. The van der Waals surface area contributed by atoms with Crippen LogP contribution in [-0.4, -0.2) is 42.6 Å². The zero-order valence-electron chi connectivity index (χ0n) is 12.7. The molecule has 0 saturated carbocycles. The highest BCUT2D eigenvalue weighted by atomic mass is 16.5. The molecule has 0 radical (unpaired) electrons. The van der Waals surface area contributed by atoms with Gasteiger partial charge in [0.15, 0.2) is 6.61 Å². The van der Waals surface area contributed by atoms with E-state index in [0.717, 1.165) is 31.7 Å². The zero-order chi connectivity index (χ0) is 14.7. The van der Waals surface area contributed by atoms with Crippen LogP contribution in [0.3, 0.4) is 0 Å². The molecule has 4 heteroatoms. The molecule has 114 valence electrons. The minimum Gasteiger partial charge on any atom is -0.484 e. The zero-order valence-corrected chi connectivity index (χ0v) is 12.7. The second-order valence-corrected chi connectivity index (χ2v) is 6.05. The number of amides is 1. The highest BCUT2D eigenvalue weighted by molar-refractivity contribution is 5.77. The Kier molecular flexibility index (Phi) is 4.44. The van der Waals surface area contributed by atoms with Gasteiger partial charge in [-0.3, -0.25) is 4.79 Å². The van der Waals surface area contributed by atoms with Gasteiger partial charge in [-0.2, -0.15) is 0 Å². The summed E-state index contributed by atoms with van der Waals surface area (Å²) in [5.74, 6) is 0.874. The number of carbonyl (C=O) groups excluding carboxylic acids is 1. The Balaban J connectivity index is 1.51. The number of carbonyl (C=O) groups is 1. The number of ether oxygens (including phenoxy) is 1. The van der Waals surface area contributed by atoms with Crippen molar-refractivity contribution in [2.75, 3.05) is 19.7 Å². The van der Waals surface area contributed by atoms with E-state index in [0.29, 0.717) is 12.1 Å². The van der Waals surface area contributed by atoms with Crippen LogP contribution < -0.4 is 10.1 Å². The monoisotopic (exact) mass is 288 g/mol. The van der Waals surface area contributed by atoms with E-state index < -0.39 is 0 Å². The summed E-state index contributed by atoms with van der Waals surface area (Å²) in [7, 11) is 0. The molecule has 0 aliphatic carbocycles. The Morgan fingerprint density at radius 1 is 1.24 bits per heavy atom.